The van der Waals surface area contributed by atoms with E-state index in [4.69, 9.17) is 11.2 Å². The fraction of sp³-hybridized carbons (Fsp3) is 0.692. The van der Waals surface area contributed by atoms with Crippen LogP contribution in [0.3, 0.4) is 0 Å². The molecule has 28 heavy (non-hydrogen) atoms. The summed E-state index contributed by atoms with van der Waals surface area (Å²) in [4.78, 5) is 0. The minimum atomic E-state index is -0.917. The fourth-order valence-corrected chi connectivity index (χ4v) is 7.30. The largest absolute Gasteiger partial charge is 0.490 e. The predicted octanol–water partition coefficient (Wildman–Crippen LogP) is 5.62. The quantitative estimate of drug-likeness (QED) is 0.677. The van der Waals surface area contributed by atoms with Crippen LogP contribution in [0.15, 0.2) is 18.2 Å². The van der Waals surface area contributed by atoms with Crippen LogP contribution in [0.1, 0.15) is 88.2 Å². The Morgan fingerprint density at radius 2 is 1.89 bits per heavy atom. The Labute approximate surface area is 170 Å². The van der Waals surface area contributed by atoms with Crippen LogP contribution in [-0.4, -0.2) is 16.8 Å². The lowest BCUT2D eigenvalue weighted by molar-refractivity contribution is -0.138. The Morgan fingerprint density at radius 3 is 2.68 bits per heavy atom. The maximum absolute atomic E-state index is 11.2. The molecule has 5 atom stereocenters. The van der Waals surface area contributed by atoms with Gasteiger partial charge >= 0.3 is 0 Å². The van der Waals surface area contributed by atoms with Crippen molar-refractivity contribution < 1.29 is 9.84 Å². The van der Waals surface area contributed by atoms with Crippen LogP contribution in [0, 0.1) is 29.6 Å². The maximum atomic E-state index is 11.2. The van der Waals surface area contributed by atoms with E-state index in [0.717, 1.165) is 37.9 Å². The van der Waals surface area contributed by atoms with Gasteiger partial charge < -0.3 is 9.84 Å². The van der Waals surface area contributed by atoms with Crippen molar-refractivity contribution in [1.29, 1.82) is 0 Å². The molecular weight excluding hydrogens is 344 g/mol. The van der Waals surface area contributed by atoms with Gasteiger partial charge in [0.25, 0.3) is 0 Å². The van der Waals surface area contributed by atoms with E-state index in [2.05, 4.69) is 31.0 Å². The summed E-state index contributed by atoms with van der Waals surface area (Å²) in [6.45, 7) is 2.28. The van der Waals surface area contributed by atoms with Crippen molar-refractivity contribution in [3.63, 3.8) is 0 Å². The number of terminal acetylenes is 1. The van der Waals surface area contributed by atoms with Gasteiger partial charge in [-0.25, -0.2) is 0 Å². The van der Waals surface area contributed by atoms with Gasteiger partial charge in [-0.1, -0.05) is 18.9 Å². The molecule has 150 valence electrons. The van der Waals surface area contributed by atoms with Gasteiger partial charge in [0.05, 0.1) is 6.10 Å². The highest BCUT2D eigenvalue weighted by Gasteiger charge is 2.58. The lowest BCUT2D eigenvalue weighted by Crippen LogP contribution is -2.57. The molecule has 2 nitrogen and oxygen atoms in total. The number of aryl methyl sites for hydroxylation is 1. The lowest BCUT2D eigenvalue weighted by atomic mass is 9.46. The summed E-state index contributed by atoms with van der Waals surface area (Å²) in [5, 5.41) is 11.2. The summed E-state index contributed by atoms with van der Waals surface area (Å²) in [7, 11) is 0. The second kappa shape index (κ2) is 6.81. The first-order chi connectivity index (χ1) is 13.5. The van der Waals surface area contributed by atoms with Crippen molar-refractivity contribution in [3.8, 4) is 18.1 Å². The van der Waals surface area contributed by atoms with Crippen LogP contribution in [0.2, 0.25) is 0 Å². The minimum absolute atomic E-state index is 0.121. The van der Waals surface area contributed by atoms with Gasteiger partial charge in [0.15, 0.2) is 0 Å². The Bertz CT molecular complexity index is 786. The number of hydrogen-bond donors (Lipinski definition) is 1. The molecule has 2 heteroatoms. The predicted molar refractivity (Wildman–Crippen MR) is 112 cm³/mol. The number of hydrogen-bond acceptors (Lipinski definition) is 2. The second-order valence-corrected chi connectivity index (χ2v) is 10.2. The van der Waals surface area contributed by atoms with Crippen molar-refractivity contribution >= 4 is 0 Å². The molecule has 0 saturated heterocycles. The zero-order valence-corrected chi connectivity index (χ0v) is 17.3. The number of benzene rings is 1. The highest BCUT2D eigenvalue weighted by atomic mass is 16.5. The summed E-state index contributed by atoms with van der Waals surface area (Å²) >= 11 is 0. The highest BCUT2D eigenvalue weighted by molar-refractivity contribution is 5.41. The molecule has 0 unspecified atom stereocenters. The smallest absolute Gasteiger partial charge is 0.130 e. The molecule has 1 aromatic carbocycles. The lowest BCUT2D eigenvalue weighted by Gasteiger charge is -2.59. The first kappa shape index (κ1) is 18.6. The topological polar surface area (TPSA) is 29.5 Å². The van der Waals surface area contributed by atoms with Gasteiger partial charge in [-0.2, -0.15) is 0 Å². The molecule has 1 aromatic rings. The third-order valence-corrected chi connectivity index (χ3v) is 8.93. The van der Waals surface area contributed by atoms with E-state index in [1.165, 1.54) is 44.1 Å². The molecule has 0 heterocycles. The molecule has 4 aliphatic carbocycles. The summed E-state index contributed by atoms with van der Waals surface area (Å²) in [6, 6.07) is 6.90. The molecule has 0 amide bonds. The van der Waals surface area contributed by atoms with E-state index in [-0.39, 0.29) is 5.41 Å². The summed E-state index contributed by atoms with van der Waals surface area (Å²) in [5.74, 6) is 5.72. The second-order valence-electron chi connectivity index (χ2n) is 10.2. The normalized spacial score (nSPS) is 40.1. The number of fused-ring (bicyclic) bond motifs is 5. The Morgan fingerprint density at radius 1 is 1.07 bits per heavy atom. The molecule has 0 bridgehead atoms. The molecule has 5 rings (SSSR count). The van der Waals surface area contributed by atoms with Gasteiger partial charge in [0.2, 0.25) is 0 Å². The maximum Gasteiger partial charge on any atom is 0.130 e. The van der Waals surface area contributed by atoms with Crippen molar-refractivity contribution in [3.05, 3.63) is 29.3 Å². The van der Waals surface area contributed by atoms with Crippen LogP contribution in [0.4, 0.5) is 0 Å². The Kier molecular flexibility index (Phi) is 4.51. The SMILES string of the molecule is C#C[C@]1(O)CCC[C@H]2[C@H]3CCc4cc(OC5CCCC5)ccc4[C@H]3CC[C@@]21C. The number of aliphatic hydroxyl groups is 1. The average molecular weight is 379 g/mol. The van der Waals surface area contributed by atoms with Crippen molar-refractivity contribution in [2.24, 2.45) is 17.3 Å². The molecule has 0 radical (unpaired) electrons. The van der Waals surface area contributed by atoms with E-state index in [1.54, 1.807) is 5.56 Å². The van der Waals surface area contributed by atoms with Crippen molar-refractivity contribution in [2.45, 2.75) is 95.2 Å². The third-order valence-electron chi connectivity index (χ3n) is 8.93. The van der Waals surface area contributed by atoms with Crippen molar-refractivity contribution in [2.75, 3.05) is 0 Å². The Hall–Kier alpha value is -1.46. The first-order valence-electron chi connectivity index (χ1n) is 11.5. The fourth-order valence-electron chi connectivity index (χ4n) is 7.30. The van der Waals surface area contributed by atoms with Gasteiger partial charge in [0.1, 0.15) is 11.4 Å². The highest BCUT2D eigenvalue weighted by Crippen LogP contribution is 2.62. The van der Waals surface area contributed by atoms with E-state index >= 15 is 0 Å². The van der Waals surface area contributed by atoms with E-state index < -0.39 is 5.60 Å². The van der Waals surface area contributed by atoms with E-state index in [9.17, 15) is 5.11 Å². The summed E-state index contributed by atoms with van der Waals surface area (Å²) in [5.41, 5.74) is 2.01. The Balaban J connectivity index is 1.40. The molecule has 0 spiro atoms. The van der Waals surface area contributed by atoms with Crippen LogP contribution in [-0.2, 0) is 6.42 Å². The molecule has 3 fully saturated rings. The van der Waals surface area contributed by atoms with E-state index in [1.807, 2.05) is 0 Å². The van der Waals surface area contributed by atoms with E-state index in [0.29, 0.717) is 23.9 Å². The first-order valence-corrected chi connectivity index (χ1v) is 11.5. The molecule has 3 saturated carbocycles. The van der Waals surface area contributed by atoms with Gasteiger partial charge in [-0.05, 0) is 112 Å². The summed E-state index contributed by atoms with van der Waals surface area (Å²) < 4.78 is 6.27. The standard InChI is InChI=1S/C26H34O2/c1-3-26(27)15-6-9-24-23-12-10-18-17-20(28-19-7-4-5-8-19)11-13-21(18)22(23)14-16-25(24,26)2/h1,11,13,17,19,22-24,27H,4-10,12,14-16H2,2H3/t22-,23+,24+,25+,26+/m1/s1. The zero-order chi connectivity index (χ0) is 19.4. The van der Waals surface area contributed by atoms with Gasteiger partial charge in [-0.15, -0.1) is 6.42 Å². The number of rotatable bonds is 2. The van der Waals surface area contributed by atoms with Crippen LogP contribution >= 0.6 is 0 Å². The minimum Gasteiger partial charge on any atom is -0.490 e. The van der Waals surface area contributed by atoms with Gasteiger partial charge in [-0.3, -0.25) is 0 Å². The zero-order valence-electron chi connectivity index (χ0n) is 17.3. The summed E-state index contributed by atoms with van der Waals surface area (Å²) in [6.07, 6.45) is 18.9. The molecule has 0 aliphatic heterocycles. The van der Waals surface area contributed by atoms with Crippen LogP contribution in [0.25, 0.3) is 0 Å². The average Bonchev–Trinajstić information content (AvgIpc) is 3.21. The third kappa shape index (κ3) is 2.73. The van der Waals surface area contributed by atoms with Crippen LogP contribution in [0.5, 0.6) is 5.75 Å². The molecule has 0 aromatic heterocycles. The number of ether oxygens (including phenoxy) is 1. The van der Waals surface area contributed by atoms with Gasteiger partial charge in [0, 0.05) is 5.41 Å². The monoisotopic (exact) mass is 378 g/mol. The molecule has 4 aliphatic rings. The van der Waals surface area contributed by atoms with Crippen LogP contribution < -0.4 is 4.74 Å². The molecule has 1 N–H and O–H groups in total. The van der Waals surface area contributed by atoms with Crippen molar-refractivity contribution in [1.82, 2.24) is 0 Å². The molecular formula is C26H34O2.